The van der Waals surface area contributed by atoms with Gasteiger partial charge in [0, 0.05) is 12.2 Å². The first-order chi connectivity index (χ1) is 6.61. The van der Waals surface area contributed by atoms with E-state index < -0.39 is 12.0 Å². The van der Waals surface area contributed by atoms with E-state index in [9.17, 15) is 9.59 Å². The Balaban J connectivity index is 3.74. The van der Waals surface area contributed by atoms with E-state index >= 15 is 0 Å². The molecule has 1 atom stereocenters. The van der Waals surface area contributed by atoms with Crippen molar-refractivity contribution < 1.29 is 14.7 Å². The lowest BCUT2D eigenvalue weighted by Crippen LogP contribution is -2.42. The Kier molecular flexibility index (Phi) is 7.28. The SMILES string of the molecule is CCCCCC(=O)N[C@@H](CS)C(=O)O. The Morgan fingerprint density at radius 1 is 1.43 bits per heavy atom. The molecule has 2 N–H and O–H groups in total. The first-order valence-corrected chi connectivity index (χ1v) is 5.38. The van der Waals surface area contributed by atoms with Gasteiger partial charge in [-0.1, -0.05) is 19.8 Å². The first kappa shape index (κ1) is 13.3. The third-order valence-corrected chi connectivity index (χ3v) is 2.19. The number of unbranched alkanes of at least 4 members (excludes halogenated alkanes) is 2. The van der Waals surface area contributed by atoms with E-state index in [0.717, 1.165) is 19.3 Å². The van der Waals surface area contributed by atoms with Gasteiger partial charge in [-0.05, 0) is 6.42 Å². The molecule has 0 unspecified atom stereocenters. The maximum absolute atomic E-state index is 11.2. The fraction of sp³-hybridized carbons (Fsp3) is 0.778. The van der Waals surface area contributed by atoms with Crippen LogP contribution in [0.2, 0.25) is 0 Å². The lowest BCUT2D eigenvalue weighted by molar-refractivity contribution is -0.141. The van der Waals surface area contributed by atoms with Crippen LogP contribution in [-0.4, -0.2) is 28.8 Å². The zero-order valence-electron chi connectivity index (χ0n) is 8.32. The molecule has 0 saturated carbocycles. The summed E-state index contributed by atoms with van der Waals surface area (Å²) in [5, 5.41) is 11.0. The first-order valence-electron chi connectivity index (χ1n) is 4.74. The van der Waals surface area contributed by atoms with Crippen molar-refractivity contribution in [3.8, 4) is 0 Å². The van der Waals surface area contributed by atoms with Gasteiger partial charge in [-0.15, -0.1) is 0 Å². The van der Waals surface area contributed by atoms with Crippen molar-refractivity contribution in [2.45, 2.75) is 38.6 Å². The lowest BCUT2D eigenvalue weighted by atomic mass is 10.2. The highest BCUT2D eigenvalue weighted by Crippen LogP contribution is 1.99. The minimum atomic E-state index is -1.04. The van der Waals surface area contributed by atoms with Crippen molar-refractivity contribution in [3.05, 3.63) is 0 Å². The standard InChI is InChI=1S/C9H17NO3S/c1-2-3-4-5-8(11)10-7(6-14)9(12)13/h7,14H,2-6H2,1H3,(H,10,11)(H,12,13)/t7-/m0/s1. The minimum absolute atomic E-state index is 0.120. The summed E-state index contributed by atoms with van der Waals surface area (Å²) in [4.78, 5) is 21.7. The van der Waals surface area contributed by atoms with Gasteiger partial charge in [0.25, 0.3) is 0 Å². The van der Waals surface area contributed by atoms with E-state index in [2.05, 4.69) is 17.9 Å². The second-order valence-electron chi connectivity index (χ2n) is 3.10. The van der Waals surface area contributed by atoms with E-state index in [1.54, 1.807) is 0 Å². The van der Waals surface area contributed by atoms with Crippen LogP contribution in [0.1, 0.15) is 32.6 Å². The number of rotatable bonds is 7. The molecular weight excluding hydrogens is 202 g/mol. The predicted octanol–water partition coefficient (Wildman–Crippen LogP) is 1.07. The summed E-state index contributed by atoms with van der Waals surface area (Å²) in [5.74, 6) is -1.13. The molecule has 0 aliphatic heterocycles. The quantitative estimate of drug-likeness (QED) is 0.443. The highest BCUT2D eigenvalue weighted by Gasteiger charge is 2.17. The highest BCUT2D eigenvalue weighted by molar-refractivity contribution is 7.80. The number of carboxylic acid groups (broad SMARTS) is 1. The molecule has 0 aromatic heterocycles. The highest BCUT2D eigenvalue weighted by atomic mass is 32.1. The van der Waals surface area contributed by atoms with Crippen LogP contribution < -0.4 is 5.32 Å². The number of amides is 1. The Morgan fingerprint density at radius 3 is 2.50 bits per heavy atom. The molecule has 0 radical (unpaired) electrons. The van der Waals surface area contributed by atoms with Gasteiger partial charge < -0.3 is 10.4 Å². The number of aliphatic carboxylic acids is 1. The molecule has 1 amide bonds. The van der Waals surface area contributed by atoms with E-state index in [1.807, 2.05) is 6.92 Å². The minimum Gasteiger partial charge on any atom is -0.480 e. The van der Waals surface area contributed by atoms with Crippen LogP contribution in [0.15, 0.2) is 0 Å². The monoisotopic (exact) mass is 219 g/mol. The molecule has 0 aromatic rings. The molecule has 0 rings (SSSR count). The largest absolute Gasteiger partial charge is 0.480 e. The zero-order chi connectivity index (χ0) is 11.0. The molecule has 0 spiro atoms. The average molecular weight is 219 g/mol. The lowest BCUT2D eigenvalue weighted by Gasteiger charge is -2.11. The second-order valence-corrected chi connectivity index (χ2v) is 3.46. The summed E-state index contributed by atoms with van der Waals surface area (Å²) in [7, 11) is 0. The van der Waals surface area contributed by atoms with Crippen LogP contribution in [-0.2, 0) is 9.59 Å². The van der Waals surface area contributed by atoms with Crippen LogP contribution in [0, 0.1) is 0 Å². The predicted molar refractivity (Wildman–Crippen MR) is 57.6 cm³/mol. The molecule has 5 heteroatoms. The van der Waals surface area contributed by atoms with Crippen LogP contribution in [0.3, 0.4) is 0 Å². The number of thiol groups is 1. The van der Waals surface area contributed by atoms with Crippen molar-refractivity contribution in [2.75, 3.05) is 5.75 Å². The van der Waals surface area contributed by atoms with E-state index in [1.165, 1.54) is 0 Å². The topological polar surface area (TPSA) is 66.4 Å². The third kappa shape index (κ3) is 5.85. The van der Waals surface area contributed by atoms with Gasteiger partial charge >= 0.3 is 5.97 Å². The van der Waals surface area contributed by atoms with Crippen LogP contribution in [0.5, 0.6) is 0 Å². The number of carbonyl (C=O) groups is 2. The molecule has 0 bridgehead atoms. The van der Waals surface area contributed by atoms with E-state index in [0.29, 0.717) is 6.42 Å². The molecule has 0 aliphatic rings. The van der Waals surface area contributed by atoms with Gasteiger partial charge in [0.2, 0.25) is 5.91 Å². The summed E-state index contributed by atoms with van der Waals surface area (Å²) >= 11 is 3.84. The Hall–Kier alpha value is -0.710. The molecule has 0 fully saturated rings. The number of nitrogens with one attached hydrogen (secondary N) is 1. The fourth-order valence-corrected chi connectivity index (χ4v) is 1.24. The van der Waals surface area contributed by atoms with Gasteiger partial charge in [-0.2, -0.15) is 12.6 Å². The van der Waals surface area contributed by atoms with Crippen molar-refractivity contribution in [1.82, 2.24) is 5.32 Å². The second kappa shape index (κ2) is 7.67. The van der Waals surface area contributed by atoms with Crippen LogP contribution >= 0.6 is 12.6 Å². The number of hydrogen-bond donors (Lipinski definition) is 3. The fourth-order valence-electron chi connectivity index (χ4n) is 0.988. The molecule has 14 heavy (non-hydrogen) atoms. The molecule has 82 valence electrons. The summed E-state index contributed by atoms with van der Waals surface area (Å²) in [5.41, 5.74) is 0. The van der Waals surface area contributed by atoms with Gasteiger partial charge in [0.05, 0.1) is 0 Å². The Morgan fingerprint density at radius 2 is 2.07 bits per heavy atom. The van der Waals surface area contributed by atoms with Crippen molar-refractivity contribution in [3.63, 3.8) is 0 Å². The Labute approximate surface area is 89.5 Å². The van der Waals surface area contributed by atoms with Crippen LogP contribution in [0.4, 0.5) is 0 Å². The van der Waals surface area contributed by atoms with Crippen molar-refractivity contribution in [2.24, 2.45) is 0 Å². The molecule has 0 aromatic carbocycles. The van der Waals surface area contributed by atoms with Gasteiger partial charge in [0.15, 0.2) is 0 Å². The van der Waals surface area contributed by atoms with Crippen molar-refractivity contribution in [1.29, 1.82) is 0 Å². The maximum atomic E-state index is 11.2. The van der Waals surface area contributed by atoms with E-state index in [-0.39, 0.29) is 11.7 Å². The Bertz CT molecular complexity index is 196. The van der Waals surface area contributed by atoms with Crippen LogP contribution in [0.25, 0.3) is 0 Å². The molecule has 0 aliphatic carbocycles. The average Bonchev–Trinajstić information content (AvgIpc) is 2.14. The van der Waals surface area contributed by atoms with Crippen molar-refractivity contribution >= 4 is 24.5 Å². The number of carbonyl (C=O) groups excluding carboxylic acids is 1. The maximum Gasteiger partial charge on any atom is 0.327 e. The molecule has 0 saturated heterocycles. The third-order valence-electron chi connectivity index (χ3n) is 1.82. The summed E-state index contributed by atoms with van der Waals surface area (Å²) in [6.45, 7) is 2.05. The van der Waals surface area contributed by atoms with E-state index in [4.69, 9.17) is 5.11 Å². The summed E-state index contributed by atoms with van der Waals surface area (Å²) < 4.78 is 0. The van der Waals surface area contributed by atoms with Gasteiger partial charge in [0.1, 0.15) is 6.04 Å². The summed E-state index contributed by atoms with van der Waals surface area (Å²) in [6, 6.07) is -0.868. The van der Waals surface area contributed by atoms with Gasteiger partial charge in [-0.3, -0.25) is 4.79 Å². The zero-order valence-corrected chi connectivity index (χ0v) is 9.22. The molecule has 0 heterocycles. The normalized spacial score (nSPS) is 12.1. The summed E-state index contributed by atoms with van der Waals surface area (Å²) in [6.07, 6.45) is 3.24. The number of hydrogen-bond acceptors (Lipinski definition) is 3. The van der Waals surface area contributed by atoms with Gasteiger partial charge in [-0.25, -0.2) is 4.79 Å². The molecular formula is C9H17NO3S. The molecule has 4 nitrogen and oxygen atoms in total. The number of carboxylic acids is 1. The smallest absolute Gasteiger partial charge is 0.327 e.